The molecule has 2 aromatic rings. The van der Waals surface area contributed by atoms with E-state index in [1.165, 1.54) is 30.4 Å². The SMILES string of the molecule is CCOC(=O)C=Cc1ccc(Cl)cc1NS(=O)(=O)c1ccc(C)cc1. The van der Waals surface area contributed by atoms with Crippen molar-refractivity contribution in [2.45, 2.75) is 18.7 Å². The lowest BCUT2D eigenvalue weighted by molar-refractivity contribution is -0.137. The van der Waals surface area contributed by atoms with E-state index in [1.807, 2.05) is 6.92 Å². The lowest BCUT2D eigenvalue weighted by Crippen LogP contribution is -2.13. The maximum absolute atomic E-state index is 12.5. The van der Waals surface area contributed by atoms with Gasteiger partial charge in [-0.05, 0) is 49.8 Å². The first-order chi connectivity index (χ1) is 11.8. The fraction of sp³-hybridized carbons (Fsp3) is 0.167. The lowest BCUT2D eigenvalue weighted by atomic mass is 10.1. The zero-order valence-corrected chi connectivity index (χ0v) is 15.4. The average molecular weight is 380 g/mol. The Balaban J connectivity index is 2.33. The maximum Gasteiger partial charge on any atom is 0.330 e. The molecular weight excluding hydrogens is 362 g/mol. The highest BCUT2D eigenvalue weighted by Crippen LogP contribution is 2.25. The third-order valence-corrected chi connectivity index (χ3v) is 4.89. The highest BCUT2D eigenvalue weighted by molar-refractivity contribution is 7.92. The molecule has 0 amide bonds. The largest absolute Gasteiger partial charge is 0.463 e. The van der Waals surface area contributed by atoms with Gasteiger partial charge in [-0.2, -0.15) is 0 Å². The second kappa shape index (κ2) is 8.18. The second-order valence-corrected chi connectivity index (χ2v) is 7.35. The van der Waals surface area contributed by atoms with Crippen LogP contribution in [0.15, 0.2) is 53.4 Å². The van der Waals surface area contributed by atoms with E-state index in [4.69, 9.17) is 16.3 Å². The molecule has 2 aromatic carbocycles. The van der Waals surface area contributed by atoms with Gasteiger partial charge in [0, 0.05) is 11.1 Å². The lowest BCUT2D eigenvalue weighted by Gasteiger charge is -2.11. The molecule has 0 heterocycles. The molecule has 25 heavy (non-hydrogen) atoms. The van der Waals surface area contributed by atoms with Gasteiger partial charge in [-0.3, -0.25) is 4.72 Å². The number of sulfonamides is 1. The molecule has 0 atom stereocenters. The number of nitrogens with one attached hydrogen (secondary N) is 1. The Hall–Kier alpha value is -2.31. The van der Waals surface area contributed by atoms with Crippen molar-refractivity contribution in [2.75, 3.05) is 11.3 Å². The number of carbonyl (C=O) groups is 1. The summed E-state index contributed by atoms with van der Waals surface area (Å²) in [7, 11) is -3.78. The monoisotopic (exact) mass is 379 g/mol. The zero-order chi connectivity index (χ0) is 18.4. The molecule has 0 aliphatic rings. The van der Waals surface area contributed by atoms with Crippen LogP contribution < -0.4 is 4.72 Å². The summed E-state index contributed by atoms with van der Waals surface area (Å²) >= 11 is 5.97. The topological polar surface area (TPSA) is 72.5 Å². The van der Waals surface area contributed by atoms with E-state index in [2.05, 4.69) is 4.72 Å². The molecule has 5 nitrogen and oxygen atoms in total. The highest BCUT2D eigenvalue weighted by atomic mass is 35.5. The van der Waals surface area contributed by atoms with Crippen LogP contribution in [-0.2, 0) is 19.6 Å². The second-order valence-electron chi connectivity index (χ2n) is 5.24. The van der Waals surface area contributed by atoms with E-state index >= 15 is 0 Å². The van der Waals surface area contributed by atoms with E-state index < -0.39 is 16.0 Å². The molecule has 0 saturated heterocycles. The summed E-state index contributed by atoms with van der Waals surface area (Å²) in [6, 6.07) is 11.2. The minimum absolute atomic E-state index is 0.137. The Morgan fingerprint density at radius 1 is 1.20 bits per heavy atom. The van der Waals surface area contributed by atoms with Gasteiger partial charge in [-0.25, -0.2) is 13.2 Å². The Bertz CT molecular complexity index is 890. The van der Waals surface area contributed by atoms with Crippen LogP contribution in [0.25, 0.3) is 6.08 Å². The third-order valence-electron chi connectivity index (χ3n) is 3.28. The summed E-state index contributed by atoms with van der Waals surface area (Å²) in [5, 5.41) is 0.370. The van der Waals surface area contributed by atoms with Crippen LogP contribution in [0, 0.1) is 6.92 Å². The predicted molar refractivity (Wildman–Crippen MR) is 99.1 cm³/mol. The molecule has 0 aromatic heterocycles. The van der Waals surface area contributed by atoms with Gasteiger partial charge in [0.1, 0.15) is 0 Å². The van der Waals surface area contributed by atoms with Crippen LogP contribution in [0.3, 0.4) is 0 Å². The Morgan fingerprint density at radius 2 is 1.88 bits per heavy atom. The number of hydrogen-bond acceptors (Lipinski definition) is 4. The number of aryl methyl sites for hydroxylation is 1. The van der Waals surface area contributed by atoms with Crippen LogP contribution in [0.1, 0.15) is 18.1 Å². The Labute approximate surface area is 152 Å². The maximum atomic E-state index is 12.5. The number of carbonyl (C=O) groups excluding carboxylic acids is 1. The first kappa shape index (κ1) is 19.0. The van der Waals surface area contributed by atoms with E-state index in [0.717, 1.165) is 5.56 Å². The quantitative estimate of drug-likeness (QED) is 0.607. The molecule has 0 aliphatic heterocycles. The molecule has 0 spiro atoms. The van der Waals surface area contributed by atoms with E-state index in [9.17, 15) is 13.2 Å². The van der Waals surface area contributed by atoms with Gasteiger partial charge in [-0.1, -0.05) is 35.4 Å². The fourth-order valence-corrected chi connectivity index (χ4v) is 3.28. The smallest absolute Gasteiger partial charge is 0.330 e. The zero-order valence-electron chi connectivity index (χ0n) is 13.8. The van der Waals surface area contributed by atoms with Crippen molar-refractivity contribution >= 4 is 39.4 Å². The number of halogens is 1. The number of hydrogen-bond donors (Lipinski definition) is 1. The minimum Gasteiger partial charge on any atom is -0.463 e. The van der Waals surface area contributed by atoms with Gasteiger partial charge < -0.3 is 4.74 Å². The van der Waals surface area contributed by atoms with Crippen LogP contribution in [0.2, 0.25) is 5.02 Å². The van der Waals surface area contributed by atoms with Gasteiger partial charge in [0.05, 0.1) is 17.2 Å². The van der Waals surface area contributed by atoms with Crippen LogP contribution in [0.5, 0.6) is 0 Å². The van der Waals surface area contributed by atoms with Crippen molar-refractivity contribution in [3.8, 4) is 0 Å². The van der Waals surface area contributed by atoms with Crippen molar-refractivity contribution in [3.05, 3.63) is 64.7 Å². The Morgan fingerprint density at radius 3 is 2.52 bits per heavy atom. The van der Waals surface area contributed by atoms with Crippen LogP contribution in [0.4, 0.5) is 5.69 Å². The molecule has 1 N–H and O–H groups in total. The van der Waals surface area contributed by atoms with Gasteiger partial charge in [0.25, 0.3) is 10.0 Å². The first-order valence-electron chi connectivity index (χ1n) is 7.55. The molecule has 7 heteroatoms. The molecule has 0 bridgehead atoms. The minimum atomic E-state index is -3.78. The summed E-state index contributed by atoms with van der Waals surface area (Å²) in [6.07, 6.45) is 2.71. The molecule has 132 valence electrons. The summed E-state index contributed by atoms with van der Waals surface area (Å²) in [6.45, 7) is 3.84. The van der Waals surface area contributed by atoms with Crippen LogP contribution in [-0.4, -0.2) is 21.0 Å². The standard InChI is InChI=1S/C18H18ClNO4S/c1-3-24-18(21)11-7-14-6-8-15(19)12-17(14)20-25(22,23)16-9-4-13(2)5-10-16/h4-12,20H,3H2,1-2H3. The molecule has 0 saturated carbocycles. The molecule has 0 unspecified atom stereocenters. The number of esters is 1. The predicted octanol–water partition coefficient (Wildman–Crippen LogP) is 4.03. The molecule has 0 fully saturated rings. The number of ether oxygens (including phenoxy) is 1. The number of rotatable bonds is 6. The van der Waals surface area contributed by atoms with E-state index in [1.54, 1.807) is 31.2 Å². The normalized spacial score (nSPS) is 11.5. The van der Waals surface area contributed by atoms with Crippen molar-refractivity contribution < 1.29 is 17.9 Å². The average Bonchev–Trinajstić information content (AvgIpc) is 2.54. The molecule has 2 rings (SSSR count). The first-order valence-corrected chi connectivity index (χ1v) is 9.42. The van der Waals surface area contributed by atoms with E-state index in [-0.39, 0.29) is 17.2 Å². The van der Waals surface area contributed by atoms with Crippen LogP contribution >= 0.6 is 11.6 Å². The molecule has 0 radical (unpaired) electrons. The van der Waals surface area contributed by atoms with Crippen molar-refractivity contribution in [1.82, 2.24) is 0 Å². The summed E-state index contributed by atoms with van der Waals surface area (Å²) in [5.41, 5.74) is 1.72. The van der Waals surface area contributed by atoms with E-state index in [0.29, 0.717) is 10.6 Å². The summed E-state index contributed by atoms with van der Waals surface area (Å²) in [5.74, 6) is -0.509. The van der Waals surface area contributed by atoms with Gasteiger partial charge in [0.2, 0.25) is 0 Å². The van der Waals surface area contributed by atoms with Gasteiger partial charge >= 0.3 is 5.97 Å². The Kier molecular flexibility index (Phi) is 6.22. The number of anilines is 1. The molecule has 0 aliphatic carbocycles. The third kappa shape index (κ3) is 5.34. The fourth-order valence-electron chi connectivity index (χ4n) is 2.03. The number of benzene rings is 2. The van der Waals surface area contributed by atoms with Gasteiger partial charge in [0.15, 0.2) is 0 Å². The van der Waals surface area contributed by atoms with Crippen molar-refractivity contribution in [1.29, 1.82) is 0 Å². The summed E-state index contributed by atoms with van der Waals surface area (Å²) < 4.78 is 32.4. The highest BCUT2D eigenvalue weighted by Gasteiger charge is 2.15. The van der Waals surface area contributed by atoms with Crippen molar-refractivity contribution in [3.63, 3.8) is 0 Å². The molecular formula is C18H18ClNO4S. The summed E-state index contributed by atoms with van der Waals surface area (Å²) in [4.78, 5) is 11.6. The van der Waals surface area contributed by atoms with Gasteiger partial charge in [-0.15, -0.1) is 0 Å². The van der Waals surface area contributed by atoms with Crippen molar-refractivity contribution in [2.24, 2.45) is 0 Å².